The third-order valence-corrected chi connectivity index (χ3v) is 2.23. The summed E-state index contributed by atoms with van der Waals surface area (Å²) >= 11 is 0. The SMILES string of the molecule is NCc1c[nH]c2nccc(OCC(F)(F)F)c12. The van der Waals surface area contributed by atoms with Crippen LogP contribution in [0.5, 0.6) is 5.75 Å². The number of nitrogens with zero attached hydrogens (tertiary/aromatic N) is 1. The van der Waals surface area contributed by atoms with Crippen molar-refractivity contribution in [3.05, 3.63) is 24.0 Å². The summed E-state index contributed by atoms with van der Waals surface area (Å²) in [7, 11) is 0. The van der Waals surface area contributed by atoms with Crippen LogP contribution in [0.25, 0.3) is 11.0 Å². The van der Waals surface area contributed by atoms with Crippen LogP contribution >= 0.6 is 0 Å². The number of rotatable bonds is 3. The van der Waals surface area contributed by atoms with Gasteiger partial charge >= 0.3 is 6.18 Å². The minimum Gasteiger partial charge on any atom is -0.483 e. The highest BCUT2D eigenvalue weighted by Crippen LogP contribution is 2.28. The Morgan fingerprint density at radius 3 is 2.82 bits per heavy atom. The van der Waals surface area contributed by atoms with Crippen molar-refractivity contribution >= 4 is 11.0 Å². The van der Waals surface area contributed by atoms with Gasteiger partial charge in [0.2, 0.25) is 0 Å². The lowest BCUT2D eigenvalue weighted by Crippen LogP contribution is -2.19. The molecule has 0 unspecified atom stereocenters. The largest absolute Gasteiger partial charge is 0.483 e. The van der Waals surface area contributed by atoms with Crippen LogP contribution in [0.1, 0.15) is 5.56 Å². The number of aromatic nitrogens is 2. The van der Waals surface area contributed by atoms with E-state index in [0.717, 1.165) is 0 Å². The Hall–Kier alpha value is -1.76. The molecule has 0 aliphatic rings. The fourth-order valence-corrected chi connectivity index (χ4v) is 1.53. The summed E-state index contributed by atoms with van der Waals surface area (Å²) in [5.74, 6) is 0.133. The molecule has 0 fully saturated rings. The van der Waals surface area contributed by atoms with E-state index in [-0.39, 0.29) is 12.3 Å². The number of ether oxygens (including phenoxy) is 1. The molecule has 0 saturated heterocycles. The molecule has 0 atom stereocenters. The van der Waals surface area contributed by atoms with E-state index in [9.17, 15) is 13.2 Å². The van der Waals surface area contributed by atoms with E-state index in [4.69, 9.17) is 10.5 Å². The number of hydrogen-bond donors (Lipinski definition) is 2. The minimum absolute atomic E-state index is 0.133. The maximum Gasteiger partial charge on any atom is 0.422 e. The number of hydrogen-bond acceptors (Lipinski definition) is 3. The zero-order chi connectivity index (χ0) is 12.5. The van der Waals surface area contributed by atoms with E-state index in [0.29, 0.717) is 16.6 Å². The number of aromatic amines is 1. The van der Waals surface area contributed by atoms with Crippen LogP contribution in [0.15, 0.2) is 18.5 Å². The van der Waals surface area contributed by atoms with E-state index < -0.39 is 12.8 Å². The molecule has 2 rings (SSSR count). The number of nitrogens with two attached hydrogens (primary N) is 1. The first kappa shape index (κ1) is 11.7. The maximum atomic E-state index is 12.1. The number of H-pyrrole nitrogens is 1. The molecule has 2 aromatic heterocycles. The lowest BCUT2D eigenvalue weighted by Gasteiger charge is -2.10. The van der Waals surface area contributed by atoms with Gasteiger partial charge in [-0.15, -0.1) is 0 Å². The van der Waals surface area contributed by atoms with Gasteiger partial charge in [0.1, 0.15) is 11.4 Å². The van der Waals surface area contributed by atoms with Crippen molar-refractivity contribution in [2.24, 2.45) is 5.73 Å². The number of halogens is 3. The molecule has 2 aromatic rings. The first-order valence-electron chi connectivity index (χ1n) is 4.86. The minimum atomic E-state index is -4.37. The van der Waals surface area contributed by atoms with Gasteiger partial charge in [0, 0.05) is 18.9 Å². The van der Waals surface area contributed by atoms with Gasteiger partial charge in [-0.3, -0.25) is 0 Å². The Labute approximate surface area is 94.6 Å². The molecule has 0 aliphatic heterocycles. The highest BCUT2D eigenvalue weighted by molar-refractivity contribution is 5.86. The molecule has 0 saturated carbocycles. The average molecular weight is 245 g/mol. The molecular weight excluding hydrogens is 235 g/mol. The first-order chi connectivity index (χ1) is 8.01. The van der Waals surface area contributed by atoms with E-state index in [2.05, 4.69) is 9.97 Å². The third-order valence-electron chi connectivity index (χ3n) is 2.23. The third kappa shape index (κ3) is 2.50. The van der Waals surface area contributed by atoms with Gasteiger partial charge in [0.05, 0.1) is 5.39 Å². The molecule has 0 spiro atoms. The molecule has 0 amide bonds. The van der Waals surface area contributed by atoms with E-state index in [1.807, 2.05) is 0 Å². The van der Waals surface area contributed by atoms with Crippen molar-refractivity contribution in [1.29, 1.82) is 0 Å². The Morgan fingerprint density at radius 1 is 1.41 bits per heavy atom. The molecule has 4 nitrogen and oxygen atoms in total. The summed E-state index contributed by atoms with van der Waals surface area (Å²) in [5.41, 5.74) is 6.62. The van der Waals surface area contributed by atoms with Crippen molar-refractivity contribution in [2.75, 3.05) is 6.61 Å². The van der Waals surface area contributed by atoms with Crippen molar-refractivity contribution in [2.45, 2.75) is 12.7 Å². The predicted molar refractivity (Wildman–Crippen MR) is 55.5 cm³/mol. The molecule has 0 radical (unpaired) electrons. The Kier molecular flexibility index (Phi) is 2.93. The maximum absolute atomic E-state index is 12.1. The number of nitrogens with one attached hydrogen (secondary N) is 1. The van der Waals surface area contributed by atoms with E-state index in [1.165, 1.54) is 12.3 Å². The van der Waals surface area contributed by atoms with Crippen LogP contribution in [-0.4, -0.2) is 22.8 Å². The molecule has 0 aromatic carbocycles. The van der Waals surface area contributed by atoms with Gasteiger partial charge in [-0.25, -0.2) is 4.98 Å². The summed E-state index contributed by atoms with van der Waals surface area (Å²) in [6, 6.07) is 1.39. The summed E-state index contributed by atoms with van der Waals surface area (Å²) in [5, 5.41) is 0.499. The van der Waals surface area contributed by atoms with Crippen LogP contribution in [0.4, 0.5) is 13.2 Å². The summed E-state index contributed by atoms with van der Waals surface area (Å²) in [6.45, 7) is -1.13. The van der Waals surface area contributed by atoms with Gasteiger partial charge in [-0.05, 0) is 11.6 Å². The Balaban J connectivity index is 2.36. The van der Waals surface area contributed by atoms with Gasteiger partial charge in [-0.2, -0.15) is 13.2 Å². The van der Waals surface area contributed by atoms with Crippen molar-refractivity contribution in [3.8, 4) is 5.75 Å². The normalized spacial score (nSPS) is 12.0. The molecule has 2 heterocycles. The zero-order valence-electron chi connectivity index (χ0n) is 8.71. The van der Waals surface area contributed by atoms with Gasteiger partial charge < -0.3 is 15.5 Å². The second-order valence-electron chi connectivity index (χ2n) is 3.45. The van der Waals surface area contributed by atoms with Crippen LogP contribution in [0.3, 0.4) is 0 Å². The smallest absolute Gasteiger partial charge is 0.422 e. The Morgan fingerprint density at radius 2 is 2.18 bits per heavy atom. The second-order valence-corrected chi connectivity index (χ2v) is 3.45. The van der Waals surface area contributed by atoms with E-state index >= 15 is 0 Å². The molecule has 17 heavy (non-hydrogen) atoms. The van der Waals surface area contributed by atoms with Gasteiger partial charge in [0.25, 0.3) is 0 Å². The van der Waals surface area contributed by atoms with Crippen molar-refractivity contribution in [1.82, 2.24) is 9.97 Å². The van der Waals surface area contributed by atoms with Crippen LogP contribution in [-0.2, 0) is 6.54 Å². The highest BCUT2D eigenvalue weighted by atomic mass is 19.4. The number of fused-ring (bicyclic) bond motifs is 1. The Bertz CT molecular complexity index is 521. The second kappa shape index (κ2) is 4.25. The topological polar surface area (TPSA) is 63.9 Å². The van der Waals surface area contributed by atoms with Crippen LogP contribution in [0.2, 0.25) is 0 Å². The van der Waals surface area contributed by atoms with E-state index in [1.54, 1.807) is 6.20 Å². The molecule has 0 aliphatic carbocycles. The molecule has 7 heteroatoms. The summed E-state index contributed by atoms with van der Waals surface area (Å²) in [6.07, 6.45) is -1.38. The lowest BCUT2D eigenvalue weighted by molar-refractivity contribution is -0.153. The van der Waals surface area contributed by atoms with Crippen LogP contribution < -0.4 is 10.5 Å². The number of pyridine rings is 1. The molecule has 3 N–H and O–H groups in total. The molecule has 0 bridgehead atoms. The average Bonchev–Trinajstić information content (AvgIpc) is 2.68. The van der Waals surface area contributed by atoms with Gasteiger partial charge in [0.15, 0.2) is 6.61 Å². The fraction of sp³-hybridized carbons (Fsp3) is 0.300. The quantitative estimate of drug-likeness (QED) is 0.868. The summed E-state index contributed by atoms with van der Waals surface area (Å²) < 4.78 is 41.0. The fourth-order valence-electron chi connectivity index (χ4n) is 1.53. The number of alkyl halides is 3. The summed E-state index contributed by atoms with van der Waals surface area (Å²) in [4.78, 5) is 6.81. The zero-order valence-corrected chi connectivity index (χ0v) is 8.71. The van der Waals surface area contributed by atoms with Crippen molar-refractivity contribution < 1.29 is 17.9 Å². The monoisotopic (exact) mass is 245 g/mol. The van der Waals surface area contributed by atoms with Crippen LogP contribution in [0, 0.1) is 0 Å². The highest BCUT2D eigenvalue weighted by Gasteiger charge is 2.29. The first-order valence-corrected chi connectivity index (χ1v) is 4.86. The standard InChI is InChI=1S/C10H10F3N3O/c11-10(12,13)5-17-7-1-2-15-9-8(7)6(3-14)4-16-9/h1-2,4H,3,5,14H2,(H,15,16). The van der Waals surface area contributed by atoms with Gasteiger partial charge in [-0.1, -0.05) is 0 Å². The molecule has 92 valence electrons. The predicted octanol–water partition coefficient (Wildman–Crippen LogP) is 1.96. The molecular formula is C10H10F3N3O. The van der Waals surface area contributed by atoms with Crippen molar-refractivity contribution in [3.63, 3.8) is 0 Å². The lowest BCUT2D eigenvalue weighted by atomic mass is 10.2.